The Morgan fingerprint density at radius 2 is 0.759 bits per heavy atom. The molecule has 1 saturated heterocycles. The van der Waals surface area contributed by atoms with Gasteiger partial charge < -0.3 is 39.0 Å². The molecule has 0 saturated carbocycles. The summed E-state index contributed by atoms with van der Waals surface area (Å²) < 4.78 is 28.5. The molecule has 0 bridgehead atoms. The molecule has 0 aromatic rings. The van der Waals surface area contributed by atoms with Crippen LogP contribution < -0.4 is 0 Å². The number of aliphatic hydroxyl groups is 2. The van der Waals surface area contributed by atoms with E-state index in [4.69, 9.17) is 23.7 Å². The van der Waals surface area contributed by atoms with Gasteiger partial charge in [0, 0.05) is 19.3 Å². The Bertz CT molecular complexity index is 1510. The van der Waals surface area contributed by atoms with Gasteiger partial charge in [-0.05, 0) is 77.0 Å². The topological polar surface area (TPSA) is 175 Å². The van der Waals surface area contributed by atoms with E-state index in [1.807, 2.05) is 0 Å². The van der Waals surface area contributed by atoms with Crippen LogP contribution >= 0.6 is 0 Å². The molecule has 0 aliphatic carbocycles. The fourth-order valence-electron chi connectivity index (χ4n) is 10.1. The van der Waals surface area contributed by atoms with Gasteiger partial charge in [-0.1, -0.05) is 256 Å². The summed E-state index contributed by atoms with van der Waals surface area (Å²) in [6, 6.07) is 0. The lowest BCUT2D eigenvalue weighted by molar-refractivity contribution is -0.301. The van der Waals surface area contributed by atoms with Crippen LogP contribution in [0.4, 0.5) is 0 Å². The molecule has 460 valence electrons. The van der Waals surface area contributed by atoms with Crippen LogP contribution in [0.3, 0.4) is 0 Å². The number of aliphatic hydroxyl groups excluding tert-OH is 2. The fourth-order valence-corrected chi connectivity index (χ4v) is 10.1. The third-order valence-corrected chi connectivity index (χ3v) is 15.2. The van der Waals surface area contributed by atoms with Gasteiger partial charge in [0.2, 0.25) is 0 Å². The summed E-state index contributed by atoms with van der Waals surface area (Å²) in [5.74, 6) is -3.11. The second-order valence-corrected chi connectivity index (χ2v) is 22.8. The smallest absolute Gasteiger partial charge is 0.335 e. The molecule has 6 atom stereocenters. The third-order valence-electron chi connectivity index (χ3n) is 15.2. The lowest BCUT2D eigenvalue weighted by Crippen LogP contribution is -2.61. The van der Waals surface area contributed by atoms with Crippen molar-refractivity contribution in [1.82, 2.24) is 0 Å². The third kappa shape index (κ3) is 45.2. The second-order valence-electron chi connectivity index (χ2n) is 22.8. The number of hydrogen-bond donors (Lipinski definition) is 3. The van der Waals surface area contributed by atoms with Crippen LogP contribution in [0.1, 0.15) is 316 Å². The van der Waals surface area contributed by atoms with Gasteiger partial charge in [0.1, 0.15) is 18.8 Å². The Labute approximate surface area is 482 Å². The molecule has 1 aliphatic rings. The molecule has 0 aromatic heterocycles. The average molecular weight is 1120 g/mol. The first-order valence-corrected chi connectivity index (χ1v) is 33.0. The Hall–Kier alpha value is -3.06. The molecule has 1 heterocycles. The average Bonchev–Trinajstić information content (AvgIpc) is 3.46. The van der Waals surface area contributed by atoms with E-state index in [9.17, 15) is 34.5 Å². The predicted octanol–water partition coefficient (Wildman–Crippen LogP) is 17.6. The minimum absolute atomic E-state index is 0.0605. The number of carbonyl (C=O) groups is 4. The molecule has 6 unspecified atom stereocenters. The summed E-state index contributed by atoms with van der Waals surface area (Å²) in [5.41, 5.74) is 0. The van der Waals surface area contributed by atoms with Crippen molar-refractivity contribution in [3.05, 3.63) is 36.5 Å². The van der Waals surface area contributed by atoms with Crippen molar-refractivity contribution in [3.63, 3.8) is 0 Å². The van der Waals surface area contributed by atoms with E-state index in [0.717, 1.165) is 96.3 Å². The first-order valence-electron chi connectivity index (χ1n) is 33.0. The molecule has 0 aromatic carbocycles. The normalized spacial score (nSPS) is 18.0. The van der Waals surface area contributed by atoms with Gasteiger partial charge in [0.15, 0.2) is 24.6 Å². The predicted molar refractivity (Wildman–Crippen MR) is 322 cm³/mol. The molecule has 1 fully saturated rings. The summed E-state index contributed by atoms with van der Waals surface area (Å²) in [6.07, 6.45) is 53.8. The van der Waals surface area contributed by atoms with Crippen molar-refractivity contribution in [1.29, 1.82) is 0 Å². The highest BCUT2D eigenvalue weighted by Crippen LogP contribution is 2.27. The quantitative estimate of drug-likeness (QED) is 0.0228. The van der Waals surface area contributed by atoms with E-state index < -0.39 is 67.3 Å². The van der Waals surface area contributed by atoms with Crippen LogP contribution in [0.2, 0.25) is 0 Å². The molecule has 0 radical (unpaired) electrons. The number of unbranched alkanes of at least 4 members (excludes halogenated alkanes) is 37. The summed E-state index contributed by atoms with van der Waals surface area (Å²) >= 11 is 0. The van der Waals surface area contributed by atoms with Crippen LogP contribution in [0, 0.1) is 0 Å². The van der Waals surface area contributed by atoms with Gasteiger partial charge in [0.05, 0.1) is 6.61 Å². The molecule has 0 amide bonds. The molecule has 12 heteroatoms. The van der Waals surface area contributed by atoms with E-state index in [2.05, 4.69) is 57.2 Å². The summed E-state index contributed by atoms with van der Waals surface area (Å²) in [4.78, 5) is 51.3. The molecular weight excluding hydrogens is 997 g/mol. The summed E-state index contributed by atoms with van der Waals surface area (Å²) in [5, 5.41) is 31.6. The van der Waals surface area contributed by atoms with Gasteiger partial charge >= 0.3 is 23.9 Å². The zero-order valence-electron chi connectivity index (χ0n) is 50.9. The Kier molecular flexibility index (Phi) is 51.9. The van der Waals surface area contributed by atoms with E-state index in [0.29, 0.717) is 19.3 Å². The van der Waals surface area contributed by atoms with Crippen molar-refractivity contribution < 1.29 is 58.2 Å². The minimum Gasteiger partial charge on any atom is -0.479 e. The van der Waals surface area contributed by atoms with Crippen LogP contribution in [-0.4, -0.2) is 89.2 Å². The van der Waals surface area contributed by atoms with Crippen molar-refractivity contribution in [2.75, 3.05) is 13.2 Å². The maximum absolute atomic E-state index is 13.2. The number of aliphatic carboxylic acids is 1. The maximum Gasteiger partial charge on any atom is 0.335 e. The van der Waals surface area contributed by atoms with Gasteiger partial charge in [-0.3, -0.25) is 14.4 Å². The first kappa shape index (κ1) is 74.0. The van der Waals surface area contributed by atoms with Gasteiger partial charge in [0.25, 0.3) is 0 Å². The van der Waals surface area contributed by atoms with Crippen molar-refractivity contribution in [2.45, 2.75) is 353 Å². The van der Waals surface area contributed by atoms with E-state index in [-0.39, 0.29) is 25.9 Å². The second kappa shape index (κ2) is 55.5. The highest BCUT2D eigenvalue weighted by atomic mass is 16.7. The number of carboxylic acid groups (broad SMARTS) is 1. The number of rotatable bonds is 57. The minimum atomic E-state index is -1.90. The Morgan fingerprint density at radius 3 is 1.18 bits per heavy atom. The molecule has 1 rings (SSSR count). The highest BCUT2D eigenvalue weighted by molar-refractivity contribution is 5.74. The maximum atomic E-state index is 13.2. The van der Waals surface area contributed by atoms with Crippen molar-refractivity contribution >= 4 is 23.9 Å². The molecule has 12 nitrogen and oxygen atoms in total. The number of hydrogen-bond acceptors (Lipinski definition) is 11. The van der Waals surface area contributed by atoms with E-state index in [1.54, 1.807) is 0 Å². The van der Waals surface area contributed by atoms with Gasteiger partial charge in [-0.15, -0.1) is 0 Å². The standard InChI is InChI=1S/C67H120O12/c1-4-7-10-13-16-19-22-25-28-29-30-31-34-37-40-43-46-49-52-55-61(70)78-65-63(72)62(71)64(66(73)74)79-67(65)76-57-58(77-60(69)54-51-48-45-42-39-36-33-27-24-21-18-15-12-9-6-3)56-75-59(68)53-50-47-44-41-38-35-32-26-23-20-17-14-11-8-5-2/h17,20,25-26,28,32,58,62-65,67,71-72H,4-16,18-19,21-24,27,29-31,33-57H2,1-3H3,(H,73,74)/b20-17-,28-25-,32-26-. The molecular formula is C67H120O12. The van der Waals surface area contributed by atoms with Crippen LogP contribution in [0.25, 0.3) is 0 Å². The number of esters is 3. The van der Waals surface area contributed by atoms with Crippen LogP contribution in [0.15, 0.2) is 36.5 Å². The summed E-state index contributed by atoms with van der Waals surface area (Å²) in [6.45, 7) is 6.00. The molecule has 0 spiro atoms. The van der Waals surface area contributed by atoms with E-state index in [1.165, 1.54) is 161 Å². The Balaban J connectivity index is 2.64. The van der Waals surface area contributed by atoms with E-state index >= 15 is 0 Å². The monoisotopic (exact) mass is 1120 g/mol. The SMILES string of the molecule is CCCCC/C=C\C/C=C\CCCCCCCC(=O)OCC(COC1OC(C(=O)O)C(O)C(O)C1OC(=O)CCCCCCCCCCC/C=C\CCCCCCCC)OC(=O)CCCCCCCCCCCCCCCCC. The lowest BCUT2D eigenvalue weighted by Gasteiger charge is -2.40. The molecule has 3 N–H and O–H groups in total. The number of carboxylic acids is 1. The van der Waals surface area contributed by atoms with Crippen molar-refractivity contribution in [3.8, 4) is 0 Å². The molecule has 79 heavy (non-hydrogen) atoms. The number of carbonyl (C=O) groups excluding carboxylic acids is 3. The fraction of sp³-hybridized carbons (Fsp3) is 0.851. The Morgan fingerprint density at radius 1 is 0.418 bits per heavy atom. The molecule has 1 aliphatic heterocycles. The van der Waals surface area contributed by atoms with Gasteiger partial charge in [-0.2, -0.15) is 0 Å². The highest BCUT2D eigenvalue weighted by Gasteiger charge is 2.50. The van der Waals surface area contributed by atoms with Crippen LogP contribution in [0.5, 0.6) is 0 Å². The van der Waals surface area contributed by atoms with Crippen LogP contribution in [-0.2, 0) is 42.9 Å². The van der Waals surface area contributed by atoms with Crippen molar-refractivity contribution in [2.24, 2.45) is 0 Å². The lowest BCUT2D eigenvalue weighted by atomic mass is 9.98. The number of allylic oxidation sites excluding steroid dienone is 6. The first-order chi connectivity index (χ1) is 38.6. The number of ether oxygens (including phenoxy) is 5. The van der Waals surface area contributed by atoms with Gasteiger partial charge in [-0.25, -0.2) is 4.79 Å². The zero-order valence-corrected chi connectivity index (χ0v) is 50.9. The largest absolute Gasteiger partial charge is 0.479 e. The summed E-state index contributed by atoms with van der Waals surface area (Å²) in [7, 11) is 0. The zero-order chi connectivity index (χ0) is 57.5.